The Labute approximate surface area is 133 Å². The molecule has 1 aromatic carbocycles. The highest BCUT2D eigenvalue weighted by atomic mass is 79.9. The zero-order chi connectivity index (χ0) is 15.0. The van der Waals surface area contributed by atoms with Gasteiger partial charge in [-0.2, -0.15) is 0 Å². The van der Waals surface area contributed by atoms with E-state index in [1.807, 2.05) is 25.1 Å². The van der Waals surface area contributed by atoms with Crippen LogP contribution in [0, 0.1) is 0 Å². The van der Waals surface area contributed by atoms with E-state index in [0.717, 1.165) is 26.5 Å². The van der Waals surface area contributed by atoms with Gasteiger partial charge in [-0.15, -0.1) is 11.3 Å². The Hall–Kier alpha value is -1.66. The number of methoxy groups -OCH3 is 1. The van der Waals surface area contributed by atoms with Crippen LogP contribution in [0.3, 0.4) is 0 Å². The van der Waals surface area contributed by atoms with Gasteiger partial charge in [-0.3, -0.25) is 4.79 Å². The van der Waals surface area contributed by atoms with Gasteiger partial charge in [0.15, 0.2) is 5.75 Å². The number of ether oxygens (including phenoxy) is 2. The lowest BCUT2D eigenvalue weighted by molar-refractivity contribution is 0.341. The molecule has 0 saturated heterocycles. The highest BCUT2D eigenvalue weighted by molar-refractivity contribution is 9.10. The minimum Gasteiger partial charge on any atom is -0.494 e. The van der Waals surface area contributed by atoms with Crippen molar-refractivity contribution in [2.24, 2.45) is 0 Å². The molecule has 0 saturated carbocycles. The van der Waals surface area contributed by atoms with Crippen molar-refractivity contribution < 1.29 is 9.47 Å². The van der Waals surface area contributed by atoms with E-state index in [1.165, 1.54) is 18.4 Å². The summed E-state index contributed by atoms with van der Waals surface area (Å²) in [6.45, 7) is 2.56. The molecule has 6 heteroatoms. The van der Waals surface area contributed by atoms with Gasteiger partial charge in [0.1, 0.15) is 5.75 Å². The van der Waals surface area contributed by atoms with E-state index in [9.17, 15) is 4.79 Å². The van der Waals surface area contributed by atoms with Gasteiger partial charge >= 0.3 is 0 Å². The van der Waals surface area contributed by atoms with Crippen LogP contribution in [0.2, 0.25) is 0 Å². The van der Waals surface area contributed by atoms with Crippen LogP contribution < -0.4 is 14.9 Å². The summed E-state index contributed by atoms with van der Waals surface area (Å²) in [7, 11) is 1.48. The summed E-state index contributed by atoms with van der Waals surface area (Å²) in [6, 6.07) is 7.43. The van der Waals surface area contributed by atoms with Gasteiger partial charge in [0.05, 0.1) is 39.0 Å². The van der Waals surface area contributed by atoms with Crippen molar-refractivity contribution >= 4 is 37.5 Å². The second-order valence-electron chi connectivity index (χ2n) is 4.35. The van der Waals surface area contributed by atoms with Crippen molar-refractivity contribution in [2.75, 3.05) is 13.7 Å². The van der Waals surface area contributed by atoms with Crippen LogP contribution in [0.1, 0.15) is 6.92 Å². The SMILES string of the molecule is CCOc1ccc2nc3cc(OC)c(=O)c(Br)c-3sc2c1. The van der Waals surface area contributed by atoms with Gasteiger partial charge in [0.2, 0.25) is 5.43 Å². The predicted octanol–water partition coefficient (Wildman–Crippen LogP) is 3.93. The first-order valence-corrected chi connectivity index (χ1v) is 7.99. The Morgan fingerprint density at radius 2 is 2.14 bits per heavy atom. The molecule has 0 unspecified atom stereocenters. The quantitative estimate of drug-likeness (QED) is 0.659. The topological polar surface area (TPSA) is 48.4 Å². The fourth-order valence-electron chi connectivity index (χ4n) is 2.08. The highest BCUT2D eigenvalue weighted by Crippen LogP contribution is 2.37. The van der Waals surface area contributed by atoms with E-state index in [1.54, 1.807) is 6.07 Å². The average molecular weight is 366 g/mol. The van der Waals surface area contributed by atoms with Gasteiger partial charge in [0, 0.05) is 6.07 Å². The number of hydrogen-bond acceptors (Lipinski definition) is 5. The summed E-state index contributed by atoms with van der Waals surface area (Å²) < 4.78 is 12.1. The lowest BCUT2D eigenvalue weighted by atomic mass is 10.2. The van der Waals surface area contributed by atoms with Crippen molar-refractivity contribution in [2.45, 2.75) is 6.92 Å². The van der Waals surface area contributed by atoms with Crippen molar-refractivity contribution in [3.05, 3.63) is 39.0 Å². The Bertz CT molecular complexity index is 846. The molecular weight excluding hydrogens is 354 g/mol. The van der Waals surface area contributed by atoms with Crippen LogP contribution in [-0.4, -0.2) is 18.7 Å². The second kappa shape index (κ2) is 5.61. The first-order chi connectivity index (χ1) is 10.1. The van der Waals surface area contributed by atoms with E-state index in [0.29, 0.717) is 16.8 Å². The molecular formula is C15H12BrNO3S. The zero-order valence-corrected chi connectivity index (χ0v) is 13.9. The molecule has 108 valence electrons. The van der Waals surface area contributed by atoms with E-state index in [4.69, 9.17) is 9.47 Å². The van der Waals surface area contributed by atoms with Crippen LogP contribution in [0.4, 0.5) is 0 Å². The Balaban J connectivity index is 2.31. The molecule has 1 aromatic rings. The fraction of sp³-hybridized carbons (Fsp3) is 0.200. The lowest BCUT2D eigenvalue weighted by Gasteiger charge is -2.11. The molecule has 3 rings (SSSR count). The molecule has 1 aliphatic carbocycles. The maximum Gasteiger partial charge on any atom is 0.236 e. The molecule has 1 heterocycles. The van der Waals surface area contributed by atoms with Gasteiger partial charge in [-0.1, -0.05) is 0 Å². The summed E-state index contributed by atoms with van der Waals surface area (Å²) in [5, 5.41) is 0. The normalized spacial score (nSPS) is 11.0. The van der Waals surface area contributed by atoms with Crippen LogP contribution in [-0.2, 0) is 0 Å². The second-order valence-corrected chi connectivity index (χ2v) is 6.19. The monoisotopic (exact) mass is 365 g/mol. The van der Waals surface area contributed by atoms with Crippen LogP contribution in [0.5, 0.6) is 11.5 Å². The summed E-state index contributed by atoms with van der Waals surface area (Å²) in [4.78, 5) is 17.5. The number of halogens is 1. The number of benzene rings is 2. The molecule has 0 atom stereocenters. The van der Waals surface area contributed by atoms with Crippen molar-refractivity contribution in [1.82, 2.24) is 4.98 Å². The van der Waals surface area contributed by atoms with E-state index >= 15 is 0 Å². The molecule has 21 heavy (non-hydrogen) atoms. The number of rotatable bonds is 3. The molecule has 1 aliphatic heterocycles. The Morgan fingerprint density at radius 3 is 2.86 bits per heavy atom. The molecule has 0 N–H and O–H groups in total. The molecule has 2 aliphatic rings. The van der Waals surface area contributed by atoms with Gasteiger partial charge in [0.25, 0.3) is 0 Å². The molecule has 0 bridgehead atoms. The molecule has 0 radical (unpaired) electrons. The van der Waals surface area contributed by atoms with E-state index in [-0.39, 0.29) is 5.43 Å². The maximum atomic E-state index is 12.1. The van der Waals surface area contributed by atoms with Gasteiger partial charge < -0.3 is 9.47 Å². The Kier molecular flexibility index (Phi) is 3.82. The minimum atomic E-state index is -0.164. The third-order valence-electron chi connectivity index (χ3n) is 3.04. The summed E-state index contributed by atoms with van der Waals surface area (Å²) in [5.41, 5.74) is 1.44. The minimum absolute atomic E-state index is 0.164. The fourth-order valence-corrected chi connectivity index (χ4v) is 3.72. The smallest absolute Gasteiger partial charge is 0.236 e. The molecule has 0 fully saturated rings. The molecule has 0 amide bonds. The summed E-state index contributed by atoms with van der Waals surface area (Å²) >= 11 is 4.86. The van der Waals surface area contributed by atoms with E-state index < -0.39 is 0 Å². The Morgan fingerprint density at radius 1 is 1.33 bits per heavy atom. The molecule has 0 spiro atoms. The zero-order valence-electron chi connectivity index (χ0n) is 11.5. The molecule has 0 aromatic heterocycles. The van der Waals surface area contributed by atoms with Gasteiger partial charge in [-0.05, 0) is 41.1 Å². The van der Waals surface area contributed by atoms with Crippen molar-refractivity contribution in [1.29, 1.82) is 0 Å². The van der Waals surface area contributed by atoms with Crippen LogP contribution >= 0.6 is 27.3 Å². The van der Waals surface area contributed by atoms with Crippen LogP contribution in [0.25, 0.3) is 20.8 Å². The standard InChI is InChI=1S/C15H12BrNO3S/c1-3-20-8-4-5-9-12(6-8)21-15-10(17-9)7-11(19-2)14(18)13(15)16/h4-7H,3H2,1-2H3. The van der Waals surface area contributed by atoms with E-state index in [2.05, 4.69) is 20.9 Å². The first kappa shape index (κ1) is 14.3. The third-order valence-corrected chi connectivity index (χ3v) is 5.22. The largest absolute Gasteiger partial charge is 0.494 e. The molecule has 4 nitrogen and oxygen atoms in total. The predicted molar refractivity (Wildman–Crippen MR) is 87.9 cm³/mol. The average Bonchev–Trinajstić information content (AvgIpc) is 2.50. The number of fused-ring (bicyclic) bond motifs is 2. The third kappa shape index (κ3) is 2.49. The number of nitrogens with zero attached hydrogens (tertiary/aromatic N) is 1. The van der Waals surface area contributed by atoms with Crippen molar-refractivity contribution in [3.63, 3.8) is 0 Å². The number of hydrogen-bond donors (Lipinski definition) is 0. The maximum absolute atomic E-state index is 12.1. The van der Waals surface area contributed by atoms with Gasteiger partial charge in [-0.25, -0.2) is 4.98 Å². The first-order valence-electron chi connectivity index (χ1n) is 6.38. The highest BCUT2D eigenvalue weighted by Gasteiger charge is 2.17. The number of aromatic nitrogens is 1. The summed E-state index contributed by atoms with van der Waals surface area (Å²) in [6.07, 6.45) is 0. The summed E-state index contributed by atoms with van der Waals surface area (Å²) in [5.74, 6) is 1.09. The lowest BCUT2D eigenvalue weighted by Crippen LogP contribution is -2.08. The van der Waals surface area contributed by atoms with Crippen LogP contribution in [0.15, 0.2) is 33.5 Å². The van der Waals surface area contributed by atoms with Crippen molar-refractivity contribution in [3.8, 4) is 22.1 Å².